The normalized spacial score (nSPS) is 12.0. The van der Waals surface area contributed by atoms with Gasteiger partial charge in [0.25, 0.3) is 0 Å². The summed E-state index contributed by atoms with van der Waals surface area (Å²) in [5.41, 5.74) is 0. The Morgan fingerprint density at radius 3 is 0.905 bits per heavy atom. The maximum Gasteiger partial charge on any atom is 0.0539 e. The first-order valence-corrected chi connectivity index (χ1v) is 11.0. The van der Waals surface area contributed by atoms with Crippen LogP contribution in [0.15, 0.2) is 0 Å². The predicted molar refractivity (Wildman–Crippen MR) is 91.0 cm³/mol. The summed E-state index contributed by atoms with van der Waals surface area (Å²) in [6.45, 7) is 3.53. The molecule has 0 bridgehead atoms. The summed E-state index contributed by atoms with van der Waals surface area (Å²) in [5, 5.41) is 0. The molecule has 0 aliphatic heterocycles. The van der Waals surface area contributed by atoms with Crippen molar-refractivity contribution in [3.05, 3.63) is 0 Å². The van der Waals surface area contributed by atoms with Crippen LogP contribution in [0.3, 0.4) is 0 Å². The molecule has 0 atom stereocenters. The smallest absolute Gasteiger partial charge is 0.0539 e. The second kappa shape index (κ2) is 15.0. The summed E-state index contributed by atoms with van der Waals surface area (Å²) in [4.78, 5) is 0. The van der Waals surface area contributed by atoms with E-state index in [4.69, 9.17) is 18.9 Å². The van der Waals surface area contributed by atoms with Gasteiger partial charge in [-0.25, -0.2) is 0 Å². The average molecular weight is 321 g/mol. The summed E-state index contributed by atoms with van der Waals surface area (Å²) in [5.74, 6) is 0. The Labute approximate surface area is 132 Å². The molecular formula is C16H36O4Si. The third-order valence-corrected chi connectivity index (χ3v) is 9.88. The number of rotatable bonds is 16. The van der Waals surface area contributed by atoms with E-state index in [2.05, 4.69) is 0 Å². The fourth-order valence-electron chi connectivity index (χ4n) is 3.12. The molecule has 0 N–H and O–H groups in total. The topological polar surface area (TPSA) is 36.9 Å². The SMILES string of the molecule is COCCC[Si](CCCOC)(CCCOC)CCCOC. The molecule has 0 unspecified atom stereocenters. The zero-order chi connectivity index (χ0) is 15.8. The van der Waals surface area contributed by atoms with Crippen molar-refractivity contribution in [2.45, 2.75) is 49.9 Å². The highest BCUT2D eigenvalue weighted by atomic mass is 28.3. The van der Waals surface area contributed by atoms with Gasteiger partial charge >= 0.3 is 0 Å². The van der Waals surface area contributed by atoms with Gasteiger partial charge in [-0.05, 0) is 25.7 Å². The van der Waals surface area contributed by atoms with Gasteiger partial charge in [-0.15, -0.1) is 0 Å². The van der Waals surface area contributed by atoms with Crippen LogP contribution in [0.5, 0.6) is 0 Å². The first-order valence-electron chi connectivity index (χ1n) is 8.20. The van der Waals surface area contributed by atoms with Crippen molar-refractivity contribution in [3.8, 4) is 0 Å². The van der Waals surface area contributed by atoms with Gasteiger partial charge in [-0.1, -0.05) is 24.2 Å². The maximum atomic E-state index is 5.26. The Kier molecular flexibility index (Phi) is 15.0. The van der Waals surface area contributed by atoms with Crippen molar-refractivity contribution in [3.63, 3.8) is 0 Å². The van der Waals surface area contributed by atoms with Crippen molar-refractivity contribution in [1.29, 1.82) is 0 Å². The third kappa shape index (κ3) is 11.3. The molecule has 0 aliphatic rings. The van der Waals surface area contributed by atoms with Gasteiger partial charge in [0.05, 0.1) is 8.07 Å². The molecule has 0 amide bonds. The van der Waals surface area contributed by atoms with Crippen LogP contribution in [-0.4, -0.2) is 62.9 Å². The molecule has 0 saturated heterocycles. The van der Waals surface area contributed by atoms with E-state index in [0.29, 0.717) is 0 Å². The molecule has 0 saturated carbocycles. The molecule has 0 aliphatic carbocycles. The van der Waals surface area contributed by atoms with Crippen molar-refractivity contribution >= 4 is 8.07 Å². The molecule has 0 aromatic rings. The van der Waals surface area contributed by atoms with E-state index in [1.165, 1.54) is 49.9 Å². The summed E-state index contributed by atoms with van der Waals surface area (Å²) in [6, 6.07) is 5.44. The maximum absolute atomic E-state index is 5.26. The van der Waals surface area contributed by atoms with Crippen LogP contribution in [0.1, 0.15) is 25.7 Å². The number of methoxy groups -OCH3 is 4. The summed E-state index contributed by atoms with van der Waals surface area (Å²) in [6.07, 6.45) is 4.76. The summed E-state index contributed by atoms with van der Waals surface area (Å²) < 4.78 is 21.0. The van der Waals surface area contributed by atoms with E-state index in [-0.39, 0.29) is 0 Å². The largest absolute Gasteiger partial charge is 0.385 e. The van der Waals surface area contributed by atoms with Crippen LogP contribution in [0, 0.1) is 0 Å². The van der Waals surface area contributed by atoms with E-state index < -0.39 is 8.07 Å². The molecule has 0 spiro atoms. The number of ether oxygens (including phenoxy) is 4. The lowest BCUT2D eigenvalue weighted by atomic mass is 10.5. The lowest BCUT2D eigenvalue weighted by Gasteiger charge is -2.32. The first kappa shape index (κ1) is 21.1. The Bertz CT molecular complexity index is 169. The van der Waals surface area contributed by atoms with Gasteiger partial charge in [0.1, 0.15) is 0 Å². The molecule has 21 heavy (non-hydrogen) atoms. The van der Waals surface area contributed by atoms with Crippen LogP contribution < -0.4 is 0 Å². The first-order chi connectivity index (χ1) is 10.2. The quantitative estimate of drug-likeness (QED) is 0.322. The Balaban J connectivity index is 4.52. The molecule has 0 aromatic carbocycles. The second-order valence-electron chi connectivity index (χ2n) is 5.89. The van der Waals surface area contributed by atoms with Crippen molar-refractivity contribution in [2.24, 2.45) is 0 Å². The zero-order valence-electron chi connectivity index (χ0n) is 14.6. The van der Waals surface area contributed by atoms with Gasteiger partial charge < -0.3 is 18.9 Å². The average Bonchev–Trinajstić information content (AvgIpc) is 2.48. The lowest BCUT2D eigenvalue weighted by molar-refractivity contribution is 0.193. The molecule has 0 radical (unpaired) electrons. The van der Waals surface area contributed by atoms with Gasteiger partial charge in [0.15, 0.2) is 0 Å². The highest BCUT2D eigenvalue weighted by Crippen LogP contribution is 2.31. The van der Waals surface area contributed by atoms with Gasteiger partial charge in [-0.3, -0.25) is 0 Å². The number of hydrogen-bond donors (Lipinski definition) is 0. The van der Waals surface area contributed by atoms with Crippen LogP contribution in [0.25, 0.3) is 0 Å². The summed E-state index contributed by atoms with van der Waals surface area (Å²) in [7, 11) is 5.92. The molecular weight excluding hydrogens is 284 g/mol. The third-order valence-electron chi connectivity index (χ3n) is 4.22. The molecule has 0 rings (SSSR count). The molecule has 0 fully saturated rings. The molecule has 5 heteroatoms. The molecule has 0 aromatic heterocycles. The van der Waals surface area contributed by atoms with Crippen LogP contribution in [-0.2, 0) is 18.9 Å². The minimum absolute atomic E-state index is 0.883. The minimum atomic E-state index is -1.26. The molecule has 128 valence electrons. The Hall–Kier alpha value is 0.0569. The van der Waals surface area contributed by atoms with E-state index in [9.17, 15) is 0 Å². The van der Waals surface area contributed by atoms with Crippen LogP contribution in [0.2, 0.25) is 24.2 Å². The van der Waals surface area contributed by atoms with Crippen molar-refractivity contribution in [2.75, 3.05) is 54.9 Å². The van der Waals surface area contributed by atoms with Crippen molar-refractivity contribution < 1.29 is 18.9 Å². The summed E-state index contributed by atoms with van der Waals surface area (Å²) >= 11 is 0. The van der Waals surface area contributed by atoms with Gasteiger partial charge in [-0.2, -0.15) is 0 Å². The van der Waals surface area contributed by atoms with E-state index in [1.54, 1.807) is 28.4 Å². The monoisotopic (exact) mass is 320 g/mol. The van der Waals surface area contributed by atoms with E-state index in [0.717, 1.165) is 26.4 Å². The van der Waals surface area contributed by atoms with Crippen molar-refractivity contribution in [1.82, 2.24) is 0 Å². The Morgan fingerprint density at radius 1 is 0.476 bits per heavy atom. The highest BCUT2D eigenvalue weighted by molar-refractivity contribution is 6.79. The van der Waals surface area contributed by atoms with Gasteiger partial charge in [0, 0.05) is 54.9 Å². The van der Waals surface area contributed by atoms with Crippen LogP contribution in [0.4, 0.5) is 0 Å². The zero-order valence-corrected chi connectivity index (χ0v) is 15.6. The fourth-order valence-corrected chi connectivity index (χ4v) is 8.19. The lowest BCUT2D eigenvalue weighted by Crippen LogP contribution is -2.35. The highest BCUT2D eigenvalue weighted by Gasteiger charge is 2.30. The van der Waals surface area contributed by atoms with Gasteiger partial charge in [0.2, 0.25) is 0 Å². The fraction of sp³-hybridized carbons (Fsp3) is 1.00. The standard InChI is InChI=1S/C16H36O4Si/c1-17-9-5-13-21(14-6-10-18-2,15-7-11-19-3)16-8-12-20-4/h5-16H2,1-4H3. The predicted octanol–water partition coefficient (Wildman–Crippen LogP) is 3.58. The second-order valence-corrected chi connectivity index (χ2v) is 10.9. The molecule has 0 heterocycles. The van der Waals surface area contributed by atoms with E-state index >= 15 is 0 Å². The van der Waals surface area contributed by atoms with E-state index in [1.807, 2.05) is 0 Å². The van der Waals surface area contributed by atoms with Crippen LogP contribution >= 0.6 is 0 Å². The number of hydrogen-bond acceptors (Lipinski definition) is 4. The minimum Gasteiger partial charge on any atom is -0.385 e. The Morgan fingerprint density at radius 2 is 0.714 bits per heavy atom. The molecule has 4 nitrogen and oxygen atoms in total.